The number of aromatic nitrogens is 2. The highest BCUT2D eigenvalue weighted by atomic mass is 79.9. The fourth-order valence-corrected chi connectivity index (χ4v) is 7.47. The second-order valence-electron chi connectivity index (χ2n) is 11.6. The molecule has 0 aliphatic rings. The van der Waals surface area contributed by atoms with E-state index >= 15 is 0 Å². The Hall–Kier alpha value is -5.38. The number of nitrogens with zero attached hydrogens (tertiary/aromatic N) is 2. The van der Waals surface area contributed by atoms with Crippen molar-refractivity contribution in [2.75, 3.05) is 0 Å². The summed E-state index contributed by atoms with van der Waals surface area (Å²) in [5.74, 6) is 0. The van der Waals surface area contributed by atoms with Gasteiger partial charge >= 0.3 is 0 Å². The number of benzene rings is 7. The lowest BCUT2D eigenvalue weighted by Gasteiger charge is -2.13. The summed E-state index contributed by atoms with van der Waals surface area (Å²) in [4.78, 5) is 0. The van der Waals surface area contributed by atoms with Gasteiger partial charge in [-0.25, -0.2) is 0 Å². The zero-order valence-electron chi connectivity index (χ0n) is 24.4. The largest absolute Gasteiger partial charge is 0.309 e. The van der Waals surface area contributed by atoms with Crippen LogP contribution in [0, 0.1) is 0 Å². The molecule has 0 atom stereocenters. The van der Waals surface area contributed by atoms with Gasteiger partial charge in [-0.05, 0) is 89.0 Å². The minimum absolute atomic E-state index is 1.06. The van der Waals surface area contributed by atoms with Crippen LogP contribution in [0.4, 0.5) is 0 Å². The van der Waals surface area contributed by atoms with E-state index in [0.717, 1.165) is 15.8 Å². The highest BCUT2D eigenvalue weighted by molar-refractivity contribution is 9.10. The lowest BCUT2D eigenvalue weighted by molar-refractivity contribution is 1.18. The molecule has 0 saturated carbocycles. The molecule has 0 spiro atoms. The smallest absolute Gasteiger partial charge is 0.0541 e. The first-order valence-corrected chi connectivity index (χ1v) is 16.0. The summed E-state index contributed by atoms with van der Waals surface area (Å²) < 4.78 is 5.81. The van der Waals surface area contributed by atoms with Crippen molar-refractivity contribution in [3.05, 3.63) is 168 Å². The number of rotatable bonds is 4. The fraction of sp³-hybridized carbons (Fsp3) is 0. The average molecular weight is 640 g/mol. The van der Waals surface area contributed by atoms with Crippen LogP contribution in [0.2, 0.25) is 0 Å². The molecule has 0 bridgehead atoms. The van der Waals surface area contributed by atoms with E-state index < -0.39 is 0 Å². The fourth-order valence-electron chi connectivity index (χ4n) is 6.97. The van der Waals surface area contributed by atoms with Crippen molar-refractivity contribution in [1.82, 2.24) is 9.13 Å². The molecule has 0 N–H and O–H groups in total. The topological polar surface area (TPSA) is 9.86 Å². The number of fused-ring (bicyclic) bond motifs is 6. The van der Waals surface area contributed by atoms with Gasteiger partial charge in [-0.1, -0.05) is 113 Å². The molecule has 3 heteroatoms. The Kier molecular flexibility index (Phi) is 6.00. The Morgan fingerprint density at radius 3 is 1.04 bits per heavy atom. The normalized spacial score (nSPS) is 11.7. The maximum atomic E-state index is 3.84. The summed E-state index contributed by atoms with van der Waals surface area (Å²) in [5, 5.41) is 5.08. The van der Waals surface area contributed by atoms with Crippen molar-refractivity contribution in [3.8, 4) is 33.6 Å². The molecule has 45 heavy (non-hydrogen) atoms. The first-order chi connectivity index (χ1) is 22.2. The third-order valence-electron chi connectivity index (χ3n) is 8.93. The van der Waals surface area contributed by atoms with Crippen molar-refractivity contribution < 1.29 is 0 Å². The van der Waals surface area contributed by atoms with E-state index in [1.165, 1.54) is 65.9 Å². The molecule has 2 nitrogen and oxygen atoms in total. The van der Waals surface area contributed by atoms with Crippen molar-refractivity contribution >= 4 is 59.5 Å². The van der Waals surface area contributed by atoms with Gasteiger partial charge in [0.1, 0.15) is 0 Å². The second kappa shape index (κ2) is 10.4. The first kappa shape index (κ1) is 26.1. The van der Waals surface area contributed by atoms with Crippen molar-refractivity contribution in [3.63, 3.8) is 0 Å². The van der Waals surface area contributed by atoms with Gasteiger partial charge in [-0.2, -0.15) is 0 Å². The van der Waals surface area contributed by atoms with Crippen LogP contribution < -0.4 is 0 Å². The minimum Gasteiger partial charge on any atom is -0.309 e. The zero-order valence-corrected chi connectivity index (χ0v) is 25.9. The van der Waals surface area contributed by atoms with E-state index in [-0.39, 0.29) is 0 Å². The lowest BCUT2D eigenvalue weighted by Crippen LogP contribution is -1.95. The number of halogens is 1. The summed E-state index contributed by atoms with van der Waals surface area (Å²) in [6, 6.07) is 59.2. The van der Waals surface area contributed by atoms with Gasteiger partial charge in [0.15, 0.2) is 0 Å². The molecular formula is C42H27BrN2. The SMILES string of the molecule is Brc1cc(-c2cccc(-n3c4ccccc4c4ccccc43)c2)cc(-c2cccc(-n3c4ccccc4c4ccccc43)c2)c1. The van der Waals surface area contributed by atoms with Crippen molar-refractivity contribution in [1.29, 1.82) is 0 Å². The van der Waals surface area contributed by atoms with Crippen LogP contribution in [-0.4, -0.2) is 9.13 Å². The van der Waals surface area contributed by atoms with Crippen LogP contribution in [0.5, 0.6) is 0 Å². The molecule has 7 aromatic carbocycles. The van der Waals surface area contributed by atoms with Gasteiger partial charge in [-0.3, -0.25) is 0 Å². The van der Waals surface area contributed by atoms with Crippen LogP contribution in [0.25, 0.3) is 77.2 Å². The summed E-state index contributed by atoms with van der Waals surface area (Å²) in [6.07, 6.45) is 0. The number of para-hydroxylation sites is 4. The quantitative estimate of drug-likeness (QED) is 0.181. The lowest BCUT2D eigenvalue weighted by atomic mass is 9.98. The molecule has 0 fully saturated rings. The van der Waals surface area contributed by atoms with Gasteiger partial charge in [0.25, 0.3) is 0 Å². The molecule has 2 heterocycles. The van der Waals surface area contributed by atoms with Gasteiger partial charge < -0.3 is 9.13 Å². The molecule has 0 radical (unpaired) electrons. The van der Waals surface area contributed by atoms with Gasteiger partial charge in [0.05, 0.1) is 22.1 Å². The molecular weight excluding hydrogens is 612 g/mol. The number of hydrogen-bond donors (Lipinski definition) is 0. The van der Waals surface area contributed by atoms with Crippen molar-refractivity contribution in [2.45, 2.75) is 0 Å². The third kappa shape index (κ3) is 4.23. The highest BCUT2D eigenvalue weighted by Gasteiger charge is 2.14. The standard InChI is InChI=1S/C42H27BrN2/c43-32-24-30(28-11-9-13-33(26-28)44-39-19-5-1-15-35(39)36-16-2-6-20-40(36)44)23-31(25-32)29-12-10-14-34(27-29)45-41-21-7-3-17-37(41)38-18-4-8-22-42(38)45/h1-27H. The van der Waals surface area contributed by atoms with E-state index in [1.54, 1.807) is 0 Å². The maximum Gasteiger partial charge on any atom is 0.0541 e. The first-order valence-electron chi connectivity index (χ1n) is 15.2. The molecule has 0 amide bonds. The second-order valence-corrected chi connectivity index (χ2v) is 12.5. The van der Waals surface area contributed by atoms with E-state index in [4.69, 9.17) is 0 Å². The van der Waals surface area contributed by atoms with E-state index in [0.29, 0.717) is 0 Å². The van der Waals surface area contributed by atoms with Crippen LogP contribution in [0.3, 0.4) is 0 Å². The Morgan fingerprint density at radius 1 is 0.311 bits per heavy atom. The summed E-state index contributed by atoms with van der Waals surface area (Å²) in [7, 11) is 0. The zero-order chi connectivity index (χ0) is 29.9. The van der Waals surface area contributed by atoms with Crippen LogP contribution in [-0.2, 0) is 0 Å². The van der Waals surface area contributed by atoms with Gasteiger partial charge in [0.2, 0.25) is 0 Å². The Morgan fingerprint density at radius 2 is 0.667 bits per heavy atom. The Balaban J connectivity index is 1.17. The Labute approximate surface area is 269 Å². The summed E-state index contributed by atoms with van der Waals surface area (Å²) in [5.41, 5.74) is 11.9. The van der Waals surface area contributed by atoms with Crippen LogP contribution >= 0.6 is 15.9 Å². The minimum atomic E-state index is 1.06. The maximum absolute atomic E-state index is 3.84. The predicted molar refractivity (Wildman–Crippen MR) is 194 cm³/mol. The van der Waals surface area contributed by atoms with Crippen LogP contribution in [0.15, 0.2) is 168 Å². The van der Waals surface area contributed by atoms with Crippen LogP contribution in [0.1, 0.15) is 0 Å². The summed E-state index contributed by atoms with van der Waals surface area (Å²) >= 11 is 3.84. The summed E-state index contributed by atoms with van der Waals surface area (Å²) in [6.45, 7) is 0. The predicted octanol–water partition coefficient (Wildman–Crippen LogP) is 12.0. The van der Waals surface area contributed by atoms with E-state index in [9.17, 15) is 0 Å². The van der Waals surface area contributed by atoms with Gasteiger partial charge in [0, 0.05) is 37.4 Å². The van der Waals surface area contributed by atoms with Crippen molar-refractivity contribution in [2.24, 2.45) is 0 Å². The van der Waals surface area contributed by atoms with E-state index in [2.05, 4.69) is 189 Å². The molecule has 0 aliphatic carbocycles. The molecule has 212 valence electrons. The molecule has 9 rings (SSSR count). The van der Waals surface area contributed by atoms with Gasteiger partial charge in [-0.15, -0.1) is 0 Å². The molecule has 0 unspecified atom stereocenters. The highest BCUT2D eigenvalue weighted by Crippen LogP contribution is 2.37. The molecule has 9 aromatic rings. The number of hydrogen-bond acceptors (Lipinski definition) is 0. The average Bonchev–Trinajstić information content (AvgIpc) is 3.61. The molecule has 0 saturated heterocycles. The van der Waals surface area contributed by atoms with E-state index in [1.807, 2.05) is 0 Å². The Bertz CT molecular complexity index is 2290. The molecule has 0 aliphatic heterocycles. The monoisotopic (exact) mass is 638 g/mol. The third-order valence-corrected chi connectivity index (χ3v) is 9.39. The molecule has 2 aromatic heterocycles.